The maximum atomic E-state index is 3.49. The highest BCUT2D eigenvalue weighted by atomic mass is 15.2. The van der Waals surface area contributed by atoms with E-state index in [1.807, 2.05) is 0 Å². The lowest BCUT2D eigenvalue weighted by Crippen LogP contribution is -2.38. The summed E-state index contributed by atoms with van der Waals surface area (Å²) in [7, 11) is 0. The van der Waals surface area contributed by atoms with Crippen LogP contribution in [0.5, 0.6) is 0 Å². The third kappa shape index (κ3) is 5.57. The molecule has 0 heterocycles. The largest absolute Gasteiger partial charge is 0.334 e. The average Bonchev–Trinajstić information content (AvgIpc) is 3.00. The van der Waals surface area contributed by atoms with Gasteiger partial charge in [-0.25, -0.2) is 0 Å². The van der Waals surface area contributed by atoms with Gasteiger partial charge in [0.15, 0.2) is 0 Å². The average molecular weight is 540 g/mol. The number of benzene rings is 4. The van der Waals surface area contributed by atoms with Gasteiger partial charge in [0, 0.05) is 22.2 Å². The van der Waals surface area contributed by atoms with Gasteiger partial charge in [0.2, 0.25) is 0 Å². The van der Waals surface area contributed by atoms with E-state index in [9.17, 15) is 0 Å². The summed E-state index contributed by atoms with van der Waals surface area (Å²) in [6, 6.07) is 38.3. The minimum Gasteiger partial charge on any atom is -0.334 e. The number of hydrogen-bond donors (Lipinski definition) is 0. The summed E-state index contributed by atoms with van der Waals surface area (Å²) in [6.45, 7) is 16.3. The summed E-state index contributed by atoms with van der Waals surface area (Å²) in [5, 5.41) is 0. The minimum absolute atomic E-state index is 0.0695. The highest BCUT2D eigenvalue weighted by molar-refractivity contribution is 5.68. The van der Waals surface area contributed by atoms with Crippen LogP contribution in [0.15, 0.2) is 121 Å². The molecule has 41 heavy (non-hydrogen) atoms. The zero-order valence-electron chi connectivity index (χ0n) is 25.9. The molecule has 0 spiro atoms. The van der Waals surface area contributed by atoms with Crippen molar-refractivity contribution in [1.29, 1.82) is 0 Å². The van der Waals surface area contributed by atoms with Gasteiger partial charge in [0.05, 0.1) is 6.04 Å². The molecule has 0 aliphatic heterocycles. The lowest BCUT2D eigenvalue weighted by atomic mass is 9.75. The lowest BCUT2D eigenvalue weighted by Gasteiger charge is -2.39. The first-order valence-electron chi connectivity index (χ1n) is 15.2. The predicted octanol–water partition coefficient (Wildman–Crippen LogP) is 10.4. The Morgan fingerprint density at radius 2 is 1.17 bits per heavy atom. The number of aryl methyl sites for hydroxylation is 1. The number of anilines is 2. The van der Waals surface area contributed by atoms with Crippen molar-refractivity contribution in [3.8, 4) is 0 Å². The Kier molecular flexibility index (Phi) is 8.12. The highest BCUT2D eigenvalue weighted by Crippen LogP contribution is 2.41. The maximum Gasteiger partial charge on any atom is 0.0627 e. The molecule has 1 nitrogen and oxygen atoms in total. The Bertz CT molecular complexity index is 1520. The normalized spacial score (nSPS) is 18.9. The molecule has 0 fully saturated rings. The molecular formula is C40H45N. The van der Waals surface area contributed by atoms with Crippen molar-refractivity contribution in [2.45, 2.75) is 71.8 Å². The van der Waals surface area contributed by atoms with Crippen molar-refractivity contribution in [3.05, 3.63) is 149 Å². The molecule has 0 saturated heterocycles. The van der Waals surface area contributed by atoms with E-state index in [-0.39, 0.29) is 16.9 Å². The fourth-order valence-electron chi connectivity index (χ4n) is 6.43. The predicted molar refractivity (Wildman–Crippen MR) is 176 cm³/mol. The van der Waals surface area contributed by atoms with Crippen molar-refractivity contribution in [1.82, 2.24) is 0 Å². The summed E-state index contributed by atoms with van der Waals surface area (Å²) < 4.78 is 0. The van der Waals surface area contributed by atoms with Crippen LogP contribution in [-0.2, 0) is 17.3 Å². The number of hydrogen-bond acceptors (Lipinski definition) is 1. The monoisotopic (exact) mass is 539 g/mol. The van der Waals surface area contributed by atoms with Crippen LogP contribution in [0.3, 0.4) is 0 Å². The van der Waals surface area contributed by atoms with Gasteiger partial charge in [0.1, 0.15) is 0 Å². The van der Waals surface area contributed by atoms with Crippen molar-refractivity contribution in [2.24, 2.45) is 11.8 Å². The smallest absolute Gasteiger partial charge is 0.0627 e. The van der Waals surface area contributed by atoms with Crippen molar-refractivity contribution >= 4 is 11.4 Å². The first-order valence-corrected chi connectivity index (χ1v) is 15.2. The molecule has 210 valence electrons. The summed E-state index contributed by atoms with van der Waals surface area (Å²) >= 11 is 0. The van der Waals surface area contributed by atoms with E-state index in [1.165, 1.54) is 39.2 Å². The Morgan fingerprint density at radius 3 is 1.76 bits per heavy atom. The van der Waals surface area contributed by atoms with Crippen LogP contribution >= 0.6 is 0 Å². The maximum absolute atomic E-state index is 3.49. The van der Waals surface area contributed by atoms with Crippen molar-refractivity contribution in [2.75, 3.05) is 4.90 Å². The molecule has 0 bridgehead atoms. The molecule has 1 heteroatoms. The van der Waals surface area contributed by atoms with Gasteiger partial charge in [-0.15, -0.1) is 5.73 Å². The van der Waals surface area contributed by atoms with E-state index in [1.54, 1.807) is 0 Å². The van der Waals surface area contributed by atoms with E-state index in [4.69, 9.17) is 0 Å². The van der Waals surface area contributed by atoms with E-state index in [0.29, 0.717) is 11.8 Å². The molecule has 5 rings (SSSR count). The van der Waals surface area contributed by atoms with Gasteiger partial charge in [-0.05, 0) is 82.5 Å². The second-order valence-electron chi connectivity index (χ2n) is 12.8. The molecule has 0 radical (unpaired) electrons. The first-order chi connectivity index (χ1) is 19.6. The minimum atomic E-state index is -0.0735. The highest BCUT2D eigenvalue weighted by Gasteiger charge is 2.31. The molecule has 4 aromatic carbocycles. The molecule has 4 aromatic rings. The van der Waals surface area contributed by atoms with Gasteiger partial charge in [-0.3, -0.25) is 0 Å². The lowest BCUT2D eigenvalue weighted by molar-refractivity contribution is 0.407. The van der Waals surface area contributed by atoms with E-state index < -0.39 is 0 Å². The quantitative estimate of drug-likeness (QED) is 0.201. The van der Waals surface area contributed by atoms with Gasteiger partial charge < -0.3 is 4.90 Å². The van der Waals surface area contributed by atoms with Crippen molar-refractivity contribution in [3.63, 3.8) is 0 Å². The Labute approximate surface area is 248 Å². The van der Waals surface area contributed by atoms with Crippen LogP contribution in [-0.4, -0.2) is 6.04 Å². The van der Waals surface area contributed by atoms with Crippen molar-refractivity contribution < 1.29 is 0 Å². The van der Waals surface area contributed by atoms with Crippen LogP contribution in [0, 0.1) is 11.8 Å². The van der Waals surface area contributed by atoms with E-state index in [2.05, 4.69) is 174 Å². The zero-order valence-corrected chi connectivity index (χ0v) is 25.9. The molecule has 3 atom stereocenters. The second kappa shape index (κ2) is 11.6. The third-order valence-corrected chi connectivity index (χ3v) is 9.57. The second-order valence-corrected chi connectivity index (χ2v) is 12.8. The molecule has 0 N–H and O–H groups in total. The fourth-order valence-corrected chi connectivity index (χ4v) is 6.43. The third-order valence-electron chi connectivity index (χ3n) is 9.57. The molecule has 3 unspecified atom stereocenters. The number of rotatable bonds is 8. The standard InChI is InChI=1S/C40H45N/c1-8-31-28-36(26-27-37(31)40(6,7)33-19-13-10-14-20-33)41(38-21-15-16-29(2)30(38)3)35-24-22-34(23-25-35)39(4,5)32-17-11-9-12-18-32/h9-14,16-30,38H,8H2,1-7H3. The van der Waals surface area contributed by atoms with E-state index in [0.717, 1.165) is 6.42 Å². The van der Waals surface area contributed by atoms with Gasteiger partial charge in [0.25, 0.3) is 0 Å². The Hall–Kier alpha value is -3.80. The van der Waals surface area contributed by atoms with Gasteiger partial charge in [-0.2, -0.15) is 0 Å². The molecule has 1 aliphatic carbocycles. The summed E-state index contributed by atoms with van der Waals surface area (Å²) in [6.07, 6.45) is 5.47. The van der Waals surface area contributed by atoms with Crippen LogP contribution in [0.1, 0.15) is 76.3 Å². The van der Waals surface area contributed by atoms with Crippen LogP contribution in [0.25, 0.3) is 0 Å². The van der Waals surface area contributed by atoms with Crippen LogP contribution in [0.2, 0.25) is 0 Å². The van der Waals surface area contributed by atoms with Crippen LogP contribution in [0.4, 0.5) is 11.4 Å². The molecule has 0 saturated carbocycles. The zero-order chi connectivity index (χ0) is 29.2. The van der Waals surface area contributed by atoms with E-state index >= 15 is 0 Å². The Morgan fingerprint density at radius 1 is 0.634 bits per heavy atom. The fraction of sp³-hybridized carbons (Fsp3) is 0.325. The Balaban J connectivity index is 1.58. The SMILES string of the molecule is CCc1cc(N(c2ccc(C(C)(C)c3ccccc3)cc2)C2C=C=CC(C)C2C)ccc1C(C)(C)c1ccccc1. The summed E-state index contributed by atoms with van der Waals surface area (Å²) in [4.78, 5) is 2.54. The van der Waals surface area contributed by atoms with Gasteiger partial charge in [-0.1, -0.05) is 127 Å². The summed E-state index contributed by atoms with van der Waals surface area (Å²) in [5.41, 5.74) is 12.6. The topological polar surface area (TPSA) is 3.24 Å². The molecule has 0 amide bonds. The molecule has 0 aromatic heterocycles. The van der Waals surface area contributed by atoms with Gasteiger partial charge >= 0.3 is 0 Å². The summed E-state index contributed by atoms with van der Waals surface area (Å²) in [5.74, 6) is 0.924. The number of nitrogens with zero attached hydrogens (tertiary/aromatic N) is 1. The molecule has 1 aliphatic rings. The molecular weight excluding hydrogens is 494 g/mol. The first kappa shape index (κ1) is 28.7. The van der Waals surface area contributed by atoms with Crippen LogP contribution < -0.4 is 4.90 Å².